The van der Waals surface area contributed by atoms with Crippen LogP contribution in [0.2, 0.25) is 5.02 Å². The monoisotopic (exact) mass is 364 g/mol. The summed E-state index contributed by atoms with van der Waals surface area (Å²) in [4.78, 5) is 10.7. The minimum Gasteiger partial charge on any atom is -0.486 e. The van der Waals surface area contributed by atoms with Gasteiger partial charge in [-0.15, -0.1) is 0 Å². The summed E-state index contributed by atoms with van der Waals surface area (Å²) in [6, 6.07) is 8.14. The first-order valence-corrected chi connectivity index (χ1v) is 8.09. The van der Waals surface area contributed by atoms with Crippen LogP contribution in [-0.4, -0.2) is 29.8 Å². The molecule has 1 unspecified atom stereocenters. The van der Waals surface area contributed by atoms with Gasteiger partial charge >= 0.3 is 0 Å². The van der Waals surface area contributed by atoms with Crippen LogP contribution in [0, 0.1) is 17.0 Å². The highest BCUT2D eigenvalue weighted by Crippen LogP contribution is 2.39. The highest BCUT2D eigenvalue weighted by Gasteiger charge is 2.20. The first-order valence-electron chi connectivity index (χ1n) is 7.71. The molecule has 0 radical (unpaired) electrons. The molecule has 0 bridgehead atoms. The van der Waals surface area contributed by atoms with Gasteiger partial charge in [-0.2, -0.15) is 0 Å². The fraction of sp³-hybridized carbons (Fsp3) is 0.294. The van der Waals surface area contributed by atoms with Crippen LogP contribution in [-0.2, 0) is 0 Å². The molecule has 0 spiro atoms. The van der Waals surface area contributed by atoms with Gasteiger partial charge in [0.1, 0.15) is 18.9 Å². The lowest BCUT2D eigenvalue weighted by molar-refractivity contribution is -0.384. The number of fused-ring (bicyclic) bond motifs is 1. The van der Waals surface area contributed by atoms with Crippen LogP contribution >= 0.6 is 11.6 Å². The van der Waals surface area contributed by atoms with E-state index < -0.39 is 11.0 Å². The summed E-state index contributed by atoms with van der Waals surface area (Å²) in [6.07, 6.45) is -0.922. The van der Waals surface area contributed by atoms with E-state index in [-0.39, 0.29) is 12.2 Å². The Morgan fingerprint density at radius 2 is 2.08 bits per heavy atom. The predicted octanol–water partition coefficient (Wildman–Crippen LogP) is 3.47. The Kier molecular flexibility index (Phi) is 4.96. The summed E-state index contributed by atoms with van der Waals surface area (Å²) in [5.41, 5.74) is 1.64. The van der Waals surface area contributed by atoms with Crippen molar-refractivity contribution in [1.82, 2.24) is 0 Å². The molecule has 1 heterocycles. The van der Waals surface area contributed by atoms with Gasteiger partial charge in [-0.3, -0.25) is 10.1 Å². The number of halogens is 1. The molecule has 3 rings (SSSR count). The first kappa shape index (κ1) is 17.3. The summed E-state index contributed by atoms with van der Waals surface area (Å²) >= 11 is 6.17. The fourth-order valence-corrected chi connectivity index (χ4v) is 2.86. The van der Waals surface area contributed by atoms with Gasteiger partial charge in [-0.25, -0.2) is 0 Å². The Hall–Kier alpha value is -2.51. The molecule has 25 heavy (non-hydrogen) atoms. The Bertz CT molecular complexity index is 812. The van der Waals surface area contributed by atoms with Crippen molar-refractivity contribution in [1.29, 1.82) is 0 Å². The first-order chi connectivity index (χ1) is 12.0. The molecule has 0 amide bonds. The van der Waals surface area contributed by atoms with E-state index >= 15 is 0 Å². The van der Waals surface area contributed by atoms with Crippen molar-refractivity contribution in [3.05, 3.63) is 56.6 Å². The van der Waals surface area contributed by atoms with E-state index in [1.165, 1.54) is 6.07 Å². The molecular weight excluding hydrogens is 348 g/mol. The maximum atomic E-state index is 11.1. The van der Waals surface area contributed by atoms with Crippen molar-refractivity contribution in [2.24, 2.45) is 0 Å². The number of hydrogen-bond acceptors (Lipinski definition) is 6. The van der Waals surface area contributed by atoms with E-state index in [1.54, 1.807) is 31.2 Å². The zero-order chi connectivity index (χ0) is 18.0. The molecule has 1 aliphatic heterocycles. The smallest absolute Gasteiger partial charge is 0.292 e. The molecule has 1 atom stereocenters. The fourth-order valence-electron chi connectivity index (χ4n) is 2.59. The molecule has 0 saturated carbocycles. The number of aliphatic hydroxyl groups excluding tert-OH is 1. The quantitative estimate of drug-likeness (QED) is 0.623. The number of anilines is 1. The average molecular weight is 365 g/mol. The van der Waals surface area contributed by atoms with Crippen molar-refractivity contribution in [3.8, 4) is 11.5 Å². The number of rotatable bonds is 5. The highest BCUT2D eigenvalue weighted by molar-refractivity contribution is 6.32. The summed E-state index contributed by atoms with van der Waals surface area (Å²) in [5, 5.41) is 24.8. The van der Waals surface area contributed by atoms with E-state index in [0.29, 0.717) is 41.0 Å². The minimum atomic E-state index is -0.922. The molecule has 0 fully saturated rings. The van der Waals surface area contributed by atoms with Crippen molar-refractivity contribution in [2.45, 2.75) is 13.0 Å². The van der Waals surface area contributed by atoms with Gasteiger partial charge in [0.15, 0.2) is 11.5 Å². The van der Waals surface area contributed by atoms with Crippen LogP contribution in [0.1, 0.15) is 17.2 Å². The van der Waals surface area contributed by atoms with Gasteiger partial charge in [0.25, 0.3) is 5.69 Å². The van der Waals surface area contributed by atoms with E-state index in [9.17, 15) is 15.2 Å². The maximum absolute atomic E-state index is 11.1. The van der Waals surface area contributed by atoms with Gasteiger partial charge in [0.2, 0.25) is 0 Å². The van der Waals surface area contributed by atoms with Crippen molar-refractivity contribution < 1.29 is 19.5 Å². The summed E-state index contributed by atoms with van der Waals surface area (Å²) in [5.74, 6) is 0.945. The van der Waals surface area contributed by atoms with E-state index in [2.05, 4.69) is 5.32 Å². The third-order valence-electron chi connectivity index (χ3n) is 3.84. The predicted molar refractivity (Wildman–Crippen MR) is 93.7 cm³/mol. The molecule has 2 aromatic carbocycles. The number of nitrogens with zero attached hydrogens (tertiary/aromatic N) is 1. The molecule has 0 aliphatic carbocycles. The van der Waals surface area contributed by atoms with Crippen LogP contribution in [0.15, 0.2) is 30.3 Å². The lowest BCUT2D eigenvalue weighted by atomic mass is 10.1. The second-order valence-corrected chi connectivity index (χ2v) is 6.11. The van der Waals surface area contributed by atoms with Crippen LogP contribution in [0.25, 0.3) is 0 Å². The van der Waals surface area contributed by atoms with E-state index in [1.807, 2.05) is 0 Å². The van der Waals surface area contributed by atoms with Gasteiger partial charge in [-0.05, 0) is 36.2 Å². The largest absolute Gasteiger partial charge is 0.486 e. The summed E-state index contributed by atoms with van der Waals surface area (Å²) in [7, 11) is 0. The number of aryl methyl sites for hydroxylation is 1. The molecule has 0 aromatic heterocycles. The molecule has 0 saturated heterocycles. The highest BCUT2D eigenvalue weighted by atomic mass is 35.5. The third kappa shape index (κ3) is 3.78. The van der Waals surface area contributed by atoms with E-state index in [4.69, 9.17) is 21.1 Å². The summed E-state index contributed by atoms with van der Waals surface area (Å²) in [6.45, 7) is 2.70. The lowest BCUT2D eigenvalue weighted by Crippen LogP contribution is -2.17. The number of nitro benzene ring substituents is 1. The number of benzene rings is 2. The third-order valence-corrected chi connectivity index (χ3v) is 4.12. The molecular formula is C17H17ClN2O5. The van der Waals surface area contributed by atoms with Crippen LogP contribution in [0.3, 0.4) is 0 Å². The number of ether oxygens (including phenoxy) is 2. The normalized spacial score (nSPS) is 14.0. The van der Waals surface area contributed by atoms with Crippen molar-refractivity contribution >= 4 is 23.0 Å². The standard InChI is InChI=1S/C17H17ClN2O5/c1-10-2-3-13(14(6-10)20(22)23)19-9-15(21)11-7-12(18)17-16(8-11)24-4-5-25-17/h2-3,6-8,15,19,21H,4-5,9H2,1H3. The number of nitrogens with one attached hydrogen (secondary N) is 1. The van der Waals surface area contributed by atoms with Crippen LogP contribution < -0.4 is 14.8 Å². The van der Waals surface area contributed by atoms with Gasteiger partial charge in [0.05, 0.1) is 16.0 Å². The molecule has 7 nitrogen and oxygen atoms in total. The van der Waals surface area contributed by atoms with Crippen LogP contribution in [0.5, 0.6) is 11.5 Å². The molecule has 2 aromatic rings. The van der Waals surface area contributed by atoms with Crippen molar-refractivity contribution in [3.63, 3.8) is 0 Å². The molecule has 132 valence electrons. The molecule has 1 aliphatic rings. The second-order valence-electron chi connectivity index (χ2n) is 5.70. The van der Waals surface area contributed by atoms with Gasteiger partial charge in [-0.1, -0.05) is 17.7 Å². The number of nitro groups is 1. The van der Waals surface area contributed by atoms with Gasteiger partial charge in [0, 0.05) is 12.6 Å². The van der Waals surface area contributed by atoms with Crippen molar-refractivity contribution in [2.75, 3.05) is 25.1 Å². The Morgan fingerprint density at radius 1 is 1.32 bits per heavy atom. The Morgan fingerprint density at radius 3 is 2.84 bits per heavy atom. The minimum absolute atomic E-state index is 0.0348. The zero-order valence-electron chi connectivity index (χ0n) is 13.5. The SMILES string of the molecule is Cc1ccc(NCC(O)c2cc(Cl)c3c(c2)OCCO3)c([N+](=O)[O-])c1. The molecule has 8 heteroatoms. The average Bonchev–Trinajstić information content (AvgIpc) is 2.60. The Balaban J connectivity index is 1.76. The molecule has 2 N–H and O–H groups in total. The number of aliphatic hydroxyl groups is 1. The second kappa shape index (κ2) is 7.16. The lowest BCUT2D eigenvalue weighted by Gasteiger charge is -2.22. The Labute approximate surface area is 149 Å². The number of hydrogen-bond donors (Lipinski definition) is 2. The van der Waals surface area contributed by atoms with Gasteiger partial charge < -0.3 is 19.9 Å². The maximum Gasteiger partial charge on any atom is 0.292 e. The zero-order valence-corrected chi connectivity index (χ0v) is 14.2. The van der Waals surface area contributed by atoms with Crippen LogP contribution in [0.4, 0.5) is 11.4 Å². The summed E-state index contributed by atoms with van der Waals surface area (Å²) < 4.78 is 10.9. The van der Waals surface area contributed by atoms with E-state index in [0.717, 1.165) is 5.56 Å². The topological polar surface area (TPSA) is 93.9 Å².